The van der Waals surface area contributed by atoms with Crippen molar-refractivity contribution < 1.29 is 32.8 Å². The van der Waals surface area contributed by atoms with Crippen molar-refractivity contribution in [1.29, 1.82) is 0 Å². The van der Waals surface area contributed by atoms with Crippen LogP contribution in [0.4, 0.5) is 0 Å². The molecular formula is C53H102NO7P. The van der Waals surface area contributed by atoms with E-state index in [0.29, 0.717) is 13.0 Å². The molecule has 0 spiro atoms. The first-order valence-electron chi connectivity index (χ1n) is 26.5. The summed E-state index contributed by atoms with van der Waals surface area (Å²) in [7, 11) is -4.28. The van der Waals surface area contributed by atoms with E-state index in [9.17, 15) is 14.3 Å². The zero-order valence-corrected chi connectivity index (χ0v) is 41.8. The molecular weight excluding hydrogens is 794 g/mol. The Bertz CT molecular complexity index is 1050. The fraction of sp³-hybridized carbons (Fsp3) is 0.868. The van der Waals surface area contributed by atoms with Gasteiger partial charge in [-0.25, -0.2) is 4.57 Å². The lowest BCUT2D eigenvalue weighted by Crippen LogP contribution is -2.28. The van der Waals surface area contributed by atoms with Gasteiger partial charge in [0.15, 0.2) is 0 Å². The Labute approximate surface area is 384 Å². The third kappa shape index (κ3) is 49.7. The highest BCUT2D eigenvalue weighted by molar-refractivity contribution is 7.47. The predicted molar refractivity (Wildman–Crippen MR) is 266 cm³/mol. The fourth-order valence-electron chi connectivity index (χ4n) is 7.65. The number of ether oxygens (including phenoxy) is 2. The molecule has 0 fully saturated rings. The number of nitrogens with two attached hydrogens (primary N) is 1. The molecule has 0 saturated carbocycles. The molecule has 3 N–H and O–H groups in total. The van der Waals surface area contributed by atoms with E-state index in [0.717, 1.165) is 44.9 Å². The van der Waals surface area contributed by atoms with Gasteiger partial charge in [0.25, 0.3) is 0 Å². The van der Waals surface area contributed by atoms with Gasteiger partial charge >= 0.3 is 13.8 Å². The zero-order valence-electron chi connectivity index (χ0n) is 40.9. The highest BCUT2D eigenvalue weighted by Crippen LogP contribution is 2.43. The van der Waals surface area contributed by atoms with Crippen molar-refractivity contribution in [3.8, 4) is 0 Å². The van der Waals surface area contributed by atoms with Crippen molar-refractivity contribution in [3.05, 3.63) is 36.5 Å². The molecule has 0 aromatic carbocycles. The van der Waals surface area contributed by atoms with Gasteiger partial charge in [-0.05, 0) is 51.4 Å². The minimum Gasteiger partial charge on any atom is -0.457 e. The summed E-state index contributed by atoms with van der Waals surface area (Å²) in [4.78, 5) is 22.6. The van der Waals surface area contributed by atoms with Crippen LogP contribution >= 0.6 is 7.82 Å². The van der Waals surface area contributed by atoms with Gasteiger partial charge < -0.3 is 20.1 Å². The van der Waals surface area contributed by atoms with Crippen molar-refractivity contribution in [1.82, 2.24) is 0 Å². The van der Waals surface area contributed by atoms with Crippen LogP contribution in [0.1, 0.15) is 258 Å². The molecule has 366 valence electrons. The molecule has 0 amide bonds. The van der Waals surface area contributed by atoms with Crippen molar-refractivity contribution in [2.75, 3.05) is 33.0 Å². The van der Waals surface area contributed by atoms with Crippen LogP contribution in [-0.4, -0.2) is 49.9 Å². The minimum absolute atomic E-state index is 0.0952. The lowest BCUT2D eigenvalue weighted by Gasteiger charge is -2.20. The van der Waals surface area contributed by atoms with Crippen LogP contribution in [0, 0.1) is 0 Å². The average molecular weight is 896 g/mol. The van der Waals surface area contributed by atoms with Gasteiger partial charge in [0.2, 0.25) is 0 Å². The Morgan fingerprint density at radius 1 is 0.484 bits per heavy atom. The van der Waals surface area contributed by atoms with Gasteiger partial charge in [0.1, 0.15) is 6.10 Å². The van der Waals surface area contributed by atoms with E-state index >= 15 is 0 Å². The zero-order chi connectivity index (χ0) is 45.1. The number of allylic oxidation sites excluding steroid dienone is 6. The summed E-state index contributed by atoms with van der Waals surface area (Å²) in [6, 6.07) is 0. The summed E-state index contributed by atoms with van der Waals surface area (Å²) < 4.78 is 33.6. The molecule has 0 aromatic rings. The van der Waals surface area contributed by atoms with Gasteiger partial charge in [-0.3, -0.25) is 13.8 Å². The SMILES string of the molecule is CCCCCCC/C=C\C/C=C\C/C=C\CCCCCCCCCCCOCC(COP(=O)(O)OCCN)OC(=O)CCCCCCCCCCCCCCCCCCCCC. The molecule has 0 rings (SSSR count). The van der Waals surface area contributed by atoms with Crippen molar-refractivity contribution in [2.45, 2.75) is 264 Å². The number of phosphoric acid groups is 1. The quantitative estimate of drug-likeness (QED) is 0.0268. The Hall–Kier alpha value is -1.28. The molecule has 0 aliphatic rings. The van der Waals surface area contributed by atoms with Crippen molar-refractivity contribution >= 4 is 13.8 Å². The maximum Gasteiger partial charge on any atom is 0.472 e. The van der Waals surface area contributed by atoms with E-state index in [2.05, 4.69) is 50.3 Å². The molecule has 0 aromatic heterocycles. The lowest BCUT2D eigenvalue weighted by atomic mass is 10.0. The highest BCUT2D eigenvalue weighted by Gasteiger charge is 2.25. The first-order chi connectivity index (χ1) is 30.4. The van der Waals surface area contributed by atoms with E-state index in [1.807, 2.05) is 0 Å². The summed E-state index contributed by atoms with van der Waals surface area (Å²) >= 11 is 0. The molecule has 0 aliphatic carbocycles. The van der Waals surface area contributed by atoms with Crippen LogP contribution < -0.4 is 5.73 Å². The van der Waals surface area contributed by atoms with Crippen LogP contribution in [0.3, 0.4) is 0 Å². The Morgan fingerprint density at radius 3 is 1.27 bits per heavy atom. The van der Waals surface area contributed by atoms with Gasteiger partial charge in [-0.2, -0.15) is 0 Å². The van der Waals surface area contributed by atoms with Crippen molar-refractivity contribution in [2.24, 2.45) is 5.73 Å². The number of carbonyl (C=O) groups is 1. The monoisotopic (exact) mass is 896 g/mol. The third-order valence-electron chi connectivity index (χ3n) is 11.6. The van der Waals surface area contributed by atoms with Gasteiger partial charge in [0.05, 0.1) is 19.8 Å². The van der Waals surface area contributed by atoms with Crippen LogP contribution in [0.25, 0.3) is 0 Å². The molecule has 2 unspecified atom stereocenters. The fourth-order valence-corrected chi connectivity index (χ4v) is 8.42. The van der Waals surface area contributed by atoms with E-state index in [-0.39, 0.29) is 32.3 Å². The van der Waals surface area contributed by atoms with E-state index in [4.69, 9.17) is 24.3 Å². The summed E-state index contributed by atoms with van der Waals surface area (Å²) in [6.07, 6.45) is 60.4. The number of esters is 1. The summed E-state index contributed by atoms with van der Waals surface area (Å²) in [5.41, 5.74) is 5.39. The summed E-state index contributed by atoms with van der Waals surface area (Å²) in [5, 5.41) is 0. The number of unbranched alkanes of at least 4 members (excludes halogenated alkanes) is 32. The maximum absolute atomic E-state index is 12.7. The molecule has 9 heteroatoms. The third-order valence-corrected chi connectivity index (χ3v) is 12.5. The number of phosphoric ester groups is 1. The topological polar surface area (TPSA) is 117 Å². The normalized spacial score (nSPS) is 13.5. The number of rotatable bonds is 51. The second-order valence-electron chi connectivity index (χ2n) is 17.7. The highest BCUT2D eigenvalue weighted by atomic mass is 31.2. The van der Waals surface area contributed by atoms with Gasteiger partial charge in [0, 0.05) is 19.6 Å². The van der Waals surface area contributed by atoms with Crippen LogP contribution in [0.2, 0.25) is 0 Å². The molecule has 0 bridgehead atoms. The standard InChI is InChI=1S/C53H102NO7P/c1-3-5-7-9-11-13-15-17-19-21-23-24-25-26-27-29-31-33-35-37-39-41-43-45-48-58-50-52(51-60-62(56,57)59-49-47-54)61-53(55)46-44-42-40-38-36-34-32-30-28-22-20-18-16-14-12-10-8-6-4-2/h15,17,21,23,25-26,52H,3-14,16,18-20,22,24,27-51,54H2,1-2H3,(H,56,57)/b17-15-,23-21-,26-25-. The number of hydrogen-bond acceptors (Lipinski definition) is 7. The van der Waals surface area contributed by atoms with Crippen LogP contribution in [-0.2, 0) is 27.9 Å². The Kier molecular flexibility index (Phi) is 49.7. The smallest absolute Gasteiger partial charge is 0.457 e. The second kappa shape index (κ2) is 50.7. The molecule has 2 atom stereocenters. The first-order valence-corrected chi connectivity index (χ1v) is 28.0. The summed E-state index contributed by atoms with van der Waals surface area (Å²) in [6.45, 7) is 4.95. The molecule has 62 heavy (non-hydrogen) atoms. The number of carbonyl (C=O) groups excluding carboxylic acids is 1. The van der Waals surface area contributed by atoms with Crippen LogP contribution in [0.15, 0.2) is 36.5 Å². The molecule has 8 nitrogen and oxygen atoms in total. The molecule has 0 aliphatic heterocycles. The van der Waals surface area contributed by atoms with E-state index < -0.39 is 13.9 Å². The average Bonchev–Trinajstić information content (AvgIpc) is 3.26. The van der Waals surface area contributed by atoms with Crippen LogP contribution in [0.5, 0.6) is 0 Å². The minimum atomic E-state index is -4.28. The Morgan fingerprint density at radius 2 is 0.855 bits per heavy atom. The van der Waals surface area contributed by atoms with E-state index in [1.54, 1.807) is 0 Å². The first kappa shape index (κ1) is 60.7. The predicted octanol–water partition coefficient (Wildman–Crippen LogP) is 16.5. The lowest BCUT2D eigenvalue weighted by molar-refractivity contribution is -0.154. The largest absolute Gasteiger partial charge is 0.472 e. The van der Waals surface area contributed by atoms with Crippen molar-refractivity contribution in [3.63, 3.8) is 0 Å². The number of hydrogen-bond donors (Lipinski definition) is 2. The Balaban J connectivity index is 3.92. The van der Waals surface area contributed by atoms with Gasteiger partial charge in [-0.1, -0.05) is 237 Å². The summed E-state index contributed by atoms with van der Waals surface area (Å²) in [5.74, 6) is -0.327. The van der Waals surface area contributed by atoms with E-state index in [1.165, 1.54) is 193 Å². The molecule has 0 radical (unpaired) electrons. The second-order valence-corrected chi connectivity index (χ2v) is 19.2. The maximum atomic E-state index is 12.7. The van der Waals surface area contributed by atoms with Gasteiger partial charge in [-0.15, -0.1) is 0 Å². The molecule has 0 saturated heterocycles. The molecule has 0 heterocycles.